The Hall–Kier alpha value is -2.88. The van der Waals surface area contributed by atoms with Crippen LogP contribution in [0, 0.1) is 34.0 Å². The highest BCUT2D eigenvalue weighted by atomic mass is 16.5. The van der Waals surface area contributed by atoms with Gasteiger partial charge in [-0.25, -0.2) is 0 Å². The number of aliphatic hydroxyl groups excluding tert-OH is 2. The number of nitrogens with two attached hydrogens (primary N) is 1. The maximum Gasteiger partial charge on any atom is 0.303 e. The van der Waals surface area contributed by atoms with E-state index in [1.165, 1.54) is 6.92 Å². The molecule has 4 aliphatic carbocycles. The number of benzene rings is 1. The molecule has 1 aromatic heterocycles. The van der Waals surface area contributed by atoms with E-state index in [-0.39, 0.29) is 45.8 Å². The van der Waals surface area contributed by atoms with Gasteiger partial charge in [-0.05, 0) is 91.6 Å². The lowest BCUT2D eigenvalue weighted by atomic mass is 9.35. The Balaban J connectivity index is 1.46. The van der Waals surface area contributed by atoms with Crippen LogP contribution in [0.25, 0.3) is 0 Å². The molecule has 4 aliphatic rings. The first kappa shape index (κ1) is 32.1. The zero-order valence-electron chi connectivity index (χ0n) is 27.7. The molecule has 0 amide bonds. The summed E-state index contributed by atoms with van der Waals surface area (Å²) in [6, 6.07) is 9.96. The van der Waals surface area contributed by atoms with Gasteiger partial charge in [0.05, 0.1) is 18.8 Å². The summed E-state index contributed by atoms with van der Waals surface area (Å²) in [5.74, 6) is -0.453. The number of Topliss-reactive ketones (excluding diaryl/α,β-unsaturated/α-hetero) is 1. The van der Waals surface area contributed by atoms with Gasteiger partial charge < -0.3 is 20.7 Å². The third-order valence-corrected chi connectivity index (χ3v) is 13.4. The van der Waals surface area contributed by atoms with Crippen molar-refractivity contribution in [3.8, 4) is 0 Å². The zero-order chi connectivity index (χ0) is 32.5. The van der Waals surface area contributed by atoms with Crippen molar-refractivity contribution in [2.24, 2.45) is 39.7 Å². The molecule has 1 heterocycles. The number of fused-ring (bicyclic) bond motifs is 5. The topological polar surface area (TPSA) is 142 Å². The van der Waals surface area contributed by atoms with Crippen molar-refractivity contribution in [2.75, 3.05) is 0 Å². The molecule has 1 aromatic carbocycles. The quantitative estimate of drug-likeness (QED) is 0.218. The second-order valence-electron chi connectivity index (χ2n) is 15.4. The summed E-state index contributed by atoms with van der Waals surface area (Å²) in [4.78, 5) is 25.9. The normalized spacial score (nSPS) is 41.9. The van der Waals surface area contributed by atoms with Crippen molar-refractivity contribution in [3.63, 3.8) is 0 Å². The number of nitrogens with one attached hydrogen (secondary N) is 1. The molecule has 4 fully saturated rings. The Morgan fingerprint density at radius 2 is 1.78 bits per heavy atom. The third-order valence-electron chi connectivity index (χ3n) is 13.4. The molecule has 2 aromatic rings. The molecule has 0 unspecified atom stereocenters. The predicted octanol–water partition coefficient (Wildman–Crippen LogP) is 3.92. The van der Waals surface area contributed by atoms with E-state index >= 15 is 0 Å². The second kappa shape index (κ2) is 11.1. The number of hydrogen-bond donors (Lipinski definition) is 4. The molecular weight excluding hydrogens is 568 g/mol. The molecule has 45 heavy (non-hydrogen) atoms. The van der Waals surface area contributed by atoms with Crippen molar-refractivity contribution in [1.82, 2.24) is 10.3 Å². The van der Waals surface area contributed by atoms with E-state index in [4.69, 9.17) is 10.5 Å². The number of H-pyrrole nitrogens is 1. The largest absolute Gasteiger partial charge is 0.458 e. The van der Waals surface area contributed by atoms with Gasteiger partial charge in [0.2, 0.25) is 5.69 Å². The number of carbonyl (C=O) groups excluding carboxylic acids is 2. The summed E-state index contributed by atoms with van der Waals surface area (Å²) in [5, 5.41) is 31.5. The summed E-state index contributed by atoms with van der Waals surface area (Å²) in [5.41, 5.74) is 7.72. The molecular formula is C36H51N4O5+. The second-order valence-corrected chi connectivity index (χ2v) is 15.4. The van der Waals surface area contributed by atoms with Crippen molar-refractivity contribution < 1.29 is 29.2 Å². The smallest absolute Gasteiger partial charge is 0.303 e. The minimum atomic E-state index is -0.648. The maximum atomic E-state index is 13.4. The number of esters is 1. The van der Waals surface area contributed by atoms with Gasteiger partial charge in [-0.1, -0.05) is 56.3 Å². The molecule has 4 saturated carbocycles. The van der Waals surface area contributed by atoms with E-state index in [1.54, 1.807) is 6.92 Å². The number of hydrogen-bond acceptors (Lipinski definition) is 7. The lowest BCUT2D eigenvalue weighted by Gasteiger charge is -2.69. The highest BCUT2D eigenvalue weighted by Crippen LogP contribution is 2.75. The molecule has 0 aliphatic heterocycles. The van der Waals surface area contributed by atoms with E-state index in [0.717, 1.165) is 36.1 Å². The van der Waals surface area contributed by atoms with Crippen LogP contribution in [0.2, 0.25) is 0 Å². The van der Waals surface area contributed by atoms with Gasteiger partial charge in [-0.3, -0.25) is 9.59 Å². The number of aromatic nitrogens is 3. The summed E-state index contributed by atoms with van der Waals surface area (Å²) in [6.07, 6.45) is 4.91. The van der Waals surface area contributed by atoms with Gasteiger partial charge in [0.15, 0.2) is 17.5 Å². The molecule has 0 saturated heterocycles. The fourth-order valence-corrected chi connectivity index (χ4v) is 11.2. The fourth-order valence-electron chi connectivity index (χ4n) is 11.2. The van der Waals surface area contributed by atoms with Gasteiger partial charge in [0.1, 0.15) is 6.10 Å². The van der Waals surface area contributed by atoms with Gasteiger partial charge in [-0.2, -0.15) is 4.68 Å². The van der Waals surface area contributed by atoms with Crippen LogP contribution in [-0.2, 0) is 32.8 Å². The van der Waals surface area contributed by atoms with Gasteiger partial charge in [0, 0.05) is 29.9 Å². The summed E-state index contributed by atoms with van der Waals surface area (Å²) < 4.78 is 8.03. The fraction of sp³-hybridized carbons (Fsp3) is 0.667. The van der Waals surface area contributed by atoms with E-state index in [9.17, 15) is 19.8 Å². The number of carbonyl (C=O) groups is 2. The Morgan fingerprint density at radius 1 is 1.07 bits per heavy atom. The SMILES string of the molecule is CC(=O)O[C@H]1C[C@@]2(C)[C@@H](C[C@@H](O)[C@H]3[C@@]4(C)CC[C@@H](O)[C@](C)([n+]5cc(CN)n[nH]5)[C@@H]4CC[C@@]32C)/C1=C(\Cc1ccccc1)C(C)=O. The Labute approximate surface area is 266 Å². The van der Waals surface area contributed by atoms with Crippen LogP contribution in [-0.4, -0.2) is 50.6 Å². The molecule has 244 valence electrons. The number of ketones is 1. The molecule has 0 spiro atoms. The lowest BCUT2D eigenvalue weighted by Crippen LogP contribution is -2.75. The summed E-state index contributed by atoms with van der Waals surface area (Å²) in [6.45, 7) is 12.5. The molecule has 0 bridgehead atoms. The van der Waals surface area contributed by atoms with Crippen LogP contribution in [0.15, 0.2) is 47.7 Å². The van der Waals surface area contributed by atoms with Crippen LogP contribution in [0.5, 0.6) is 0 Å². The van der Waals surface area contributed by atoms with E-state index in [2.05, 4.69) is 38.0 Å². The standard InChI is InChI=1S/C36H50N4O5/c1-21(41)25(16-23-10-8-7-9-11-23)31-26-17-27(43)32-33(3)14-13-30(44)36(6,40-20-24(19-37)38-39-40)29(33)12-15-34(32,4)35(26,5)18-28(31)45-22(2)42/h7-11,20,26-30,32,43-44H,12-19,37H2,1-6H3/p+1/b31-25-/t26-,27+,28-,29+,30+,32-,33-,34-,35-,36+/m0/s1. The van der Waals surface area contributed by atoms with Gasteiger partial charge >= 0.3 is 5.97 Å². The molecule has 10 atom stereocenters. The minimum Gasteiger partial charge on any atom is -0.458 e. The summed E-state index contributed by atoms with van der Waals surface area (Å²) >= 11 is 0. The van der Waals surface area contributed by atoms with Crippen LogP contribution < -0.4 is 10.4 Å². The summed E-state index contributed by atoms with van der Waals surface area (Å²) in [7, 11) is 0. The highest BCUT2D eigenvalue weighted by molar-refractivity contribution is 5.95. The Kier molecular flexibility index (Phi) is 7.93. The third kappa shape index (κ3) is 4.67. The number of rotatable bonds is 6. The molecule has 6 rings (SSSR count). The van der Waals surface area contributed by atoms with E-state index < -0.39 is 23.9 Å². The van der Waals surface area contributed by atoms with E-state index in [1.807, 2.05) is 41.2 Å². The predicted molar refractivity (Wildman–Crippen MR) is 168 cm³/mol. The number of aliphatic hydroxyl groups is 2. The Morgan fingerprint density at radius 3 is 2.40 bits per heavy atom. The number of nitrogens with zero attached hydrogens (tertiary/aromatic N) is 2. The zero-order valence-corrected chi connectivity index (χ0v) is 27.7. The van der Waals surface area contributed by atoms with E-state index in [0.29, 0.717) is 37.8 Å². The number of ether oxygens (including phenoxy) is 1. The average Bonchev–Trinajstić information content (AvgIpc) is 3.57. The first-order valence-electron chi connectivity index (χ1n) is 16.7. The first-order valence-corrected chi connectivity index (χ1v) is 16.7. The molecule has 0 radical (unpaired) electrons. The first-order chi connectivity index (χ1) is 21.2. The van der Waals surface area contributed by atoms with Crippen LogP contribution in [0.3, 0.4) is 0 Å². The van der Waals surface area contributed by atoms with Gasteiger partial charge in [-0.15, -0.1) is 0 Å². The Bertz CT molecular complexity index is 1510. The van der Waals surface area contributed by atoms with Crippen molar-refractivity contribution in [2.45, 2.75) is 117 Å². The van der Waals surface area contributed by atoms with Gasteiger partial charge in [0.25, 0.3) is 0 Å². The van der Waals surface area contributed by atoms with Crippen LogP contribution in [0.1, 0.15) is 91.3 Å². The highest BCUT2D eigenvalue weighted by Gasteiger charge is 2.73. The number of aromatic amines is 1. The lowest BCUT2D eigenvalue weighted by molar-refractivity contribution is -0.831. The van der Waals surface area contributed by atoms with Crippen LogP contribution >= 0.6 is 0 Å². The van der Waals surface area contributed by atoms with Crippen molar-refractivity contribution in [1.29, 1.82) is 0 Å². The van der Waals surface area contributed by atoms with Crippen LogP contribution in [0.4, 0.5) is 0 Å². The number of allylic oxidation sites excluding steroid dienone is 1. The van der Waals surface area contributed by atoms with Crippen molar-refractivity contribution in [3.05, 3.63) is 58.9 Å². The maximum absolute atomic E-state index is 13.4. The average molecular weight is 620 g/mol. The molecule has 9 nitrogen and oxygen atoms in total. The monoisotopic (exact) mass is 619 g/mol. The molecule has 9 heteroatoms. The molecule has 5 N–H and O–H groups in total. The minimum absolute atomic E-state index is 0.0156. The van der Waals surface area contributed by atoms with Crippen molar-refractivity contribution >= 4 is 11.8 Å².